The molecule has 0 spiro atoms. The normalized spacial score (nSPS) is 10.6. The summed E-state index contributed by atoms with van der Waals surface area (Å²) < 4.78 is 10.4. The van der Waals surface area contributed by atoms with Gasteiger partial charge in [0.25, 0.3) is 11.6 Å². The van der Waals surface area contributed by atoms with Gasteiger partial charge in [-0.15, -0.1) is 0 Å². The van der Waals surface area contributed by atoms with E-state index in [4.69, 9.17) is 20.9 Å². The Labute approximate surface area is 198 Å². The first-order chi connectivity index (χ1) is 16.3. The first-order valence-electron chi connectivity index (χ1n) is 9.98. The monoisotopic (exact) mass is 477 g/mol. The first-order valence-corrected chi connectivity index (χ1v) is 10.4. The van der Waals surface area contributed by atoms with Crippen molar-refractivity contribution in [3.05, 3.63) is 110 Å². The molecule has 3 aromatic carbocycles. The van der Waals surface area contributed by atoms with Crippen molar-refractivity contribution in [2.75, 3.05) is 0 Å². The second-order valence-electron chi connectivity index (χ2n) is 7.25. The van der Waals surface area contributed by atoms with E-state index in [0.717, 1.165) is 17.2 Å². The molecule has 0 aliphatic rings. The van der Waals surface area contributed by atoms with Gasteiger partial charge in [-0.3, -0.25) is 14.9 Å². The third-order valence-electron chi connectivity index (χ3n) is 4.90. The van der Waals surface area contributed by atoms with Crippen LogP contribution < -0.4 is 0 Å². The molecule has 0 amide bonds. The highest BCUT2D eigenvalue weighted by Crippen LogP contribution is 2.27. The Morgan fingerprint density at radius 1 is 1.06 bits per heavy atom. The van der Waals surface area contributed by atoms with Crippen LogP contribution in [0.15, 0.2) is 71.3 Å². The van der Waals surface area contributed by atoms with Crippen LogP contribution in [0.3, 0.4) is 0 Å². The van der Waals surface area contributed by atoms with E-state index < -0.39 is 22.4 Å². The molecular weight excluding hydrogens is 462 g/mol. The minimum atomic E-state index is -0.789. The Hall–Kier alpha value is -4.37. The fourth-order valence-electron chi connectivity index (χ4n) is 3.15. The number of nitrogens with zero attached hydrogens (tertiary/aromatic N) is 3. The van der Waals surface area contributed by atoms with Crippen molar-refractivity contribution >= 4 is 29.0 Å². The van der Waals surface area contributed by atoms with Crippen LogP contribution in [0.2, 0.25) is 5.02 Å². The Morgan fingerprint density at radius 2 is 1.76 bits per heavy atom. The first kappa shape index (κ1) is 22.8. The third-order valence-corrected chi connectivity index (χ3v) is 5.22. The molecule has 0 unspecified atom stereocenters. The highest BCUT2D eigenvalue weighted by molar-refractivity contribution is 6.33. The summed E-state index contributed by atoms with van der Waals surface area (Å²) in [7, 11) is 0. The maximum atomic E-state index is 13.0. The van der Waals surface area contributed by atoms with E-state index in [0.29, 0.717) is 5.82 Å². The van der Waals surface area contributed by atoms with E-state index in [-0.39, 0.29) is 34.2 Å². The van der Waals surface area contributed by atoms with Crippen molar-refractivity contribution in [3.8, 4) is 11.4 Å². The molecule has 34 heavy (non-hydrogen) atoms. The van der Waals surface area contributed by atoms with Gasteiger partial charge in [0.15, 0.2) is 12.4 Å². The Morgan fingerprint density at radius 3 is 2.47 bits per heavy atom. The molecule has 1 aromatic heterocycles. The molecule has 0 aliphatic carbocycles. The Bertz CT molecular complexity index is 1400. The minimum absolute atomic E-state index is 0.0102. The lowest BCUT2D eigenvalue weighted by Gasteiger charge is -2.08. The number of aryl methyl sites for hydroxylation is 1. The molecule has 0 saturated carbocycles. The number of esters is 1. The average molecular weight is 478 g/mol. The number of hydrogen-bond donors (Lipinski definition) is 0. The number of nitro benzene ring substituents is 1. The molecule has 170 valence electrons. The zero-order valence-electron chi connectivity index (χ0n) is 17.7. The van der Waals surface area contributed by atoms with Crippen LogP contribution >= 0.6 is 11.6 Å². The molecule has 0 bridgehead atoms. The number of benzene rings is 3. The topological polar surface area (TPSA) is 125 Å². The predicted molar refractivity (Wildman–Crippen MR) is 122 cm³/mol. The van der Waals surface area contributed by atoms with Crippen molar-refractivity contribution in [3.63, 3.8) is 0 Å². The zero-order chi connectivity index (χ0) is 24.2. The second kappa shape index (κ2) is 9.63. The van der Waals surface area contributed by atoms with Crippen LogP contribution in [0.5, 0.6) is 0 Å². The molecule has 9 nitrogen and oxygen atoms in total. The molecule has 1 heterocycles. The van der Waals surface area contributed by atoms with Gasteiger partial charge in [-0.1, -0.05) is 64.8 Å². The molecule has 0 fully saturated rings. The molecule has 10 heteroatoms. The number of rotatable bonds is 7. The third kappa shape index (κ3) is 4.84. The molecule has 0 radical (unpaired) electrons. The lowest BCUT2D eigenvalue weighted by molar-refractivity contribution is -0.384. The Balaban J connectivity index is 1.51. The average Bonchev–Trinajstić information content (AvgIpc) is 3.31. The number of ether oxygens (including phenoxy) is 1. The summed E-state index contributed by atoms with van der Waals surface area (Å²) in [5, 5.41) is 14.9. The van der Waals surface area contributed by atoms with Crippen molar-refractivity contribution < 1.29 is 23.8 Å². The standard InChI is InChI=1S/C24H16ClN3O6/c1-14-6-8-15(9-7-14)23-26-21(34-27-23)13-33-24(30)18-5-3-2-4-17(18)22(29)16-10-11-19(25)20(12-16)28(31)32/h2-12H,13H2,1H3. The minimum Gasteiger partial charge on any atom is -0.452 e. The van der Waals surface area contributed by atoms with Gasteiger partial charge in [0.2, 0.25) is 5.82 Å². The van der Waals surface area contributed by atoms with Gasteiger partial charge in [0, 0.05) is 22.8 Å². The smallest absolute Gasteiger partial charge is 0.339 e. The van der Waals surface area contributed by atoms with Crippen molar-refractivity contribution in [1.82, 2.24) is 10.1 Å². The van der Waals surface area contributed by atoms with E-state index in [9.17, 15) is 19.7 Å². The van der Waals surface area contributed by atoms with Crippen molar-refractivity contribution in [2.45, 2.75) is 13.5 Å². The maximum Gasteiger partial charge on any atom is 0.339 e. The molecule has 4 aromatic rings. The van der Waals surface area contributed by atoms with E-state index in [2.05, 4.69) is 10.1 Å². The summed E-state index contributed by atoms with van der Waals surface area (Å²) in [6, 6.07) is 17.2. The van der Waals surface area contributed by atoms with Gasteiger partial charge in [0.1, 0.15) is 5.02 Å². The number of carbonyl (C=O) groups is 2. The number of aromatic nitrogens is 2. The SMILES string of the molecule is Cc1ccc(-c2noc(COC(=O)c3ccccc3C(=O)c3ccc(Cl)c([N+](=O)[O-])c3)n2)cc1. The van der Waals surface area contributed by atoms with Gasteiger partial charge >= 0.3 is 5.97 Å². The fourth-order valence-corrected chi connectivity index (χ4v) is 3.33. The summed E-state index contributed by atoms with van der Waals surface area (Å²) >= 11 is 5.82. The molecule has 0 aliphatic heterocycles. The summed E-state index contributed by atoms with van der Waals surface area (Å²) in [5.74, 6) is -0.943. The number of hydrogen-bond acceptors (Lipinski definition) is 8. The van der Waals surface area contributed by atoms with Gasteiger partial charge in [-0.2, -0.15) is 4.98 Å². The zero-order valence-corrected chi connectivity index (χ0v) is 18.5. The number of carbonyl (C=O) groups excluding carboxylic acids is 2. The van der Waals surface area contributed by atoms with E-state index >= 15 is 0 Å². The summed E-state index contributed by atoms with van der Waals surface area (Å²) in [6.07, 6.45) is 0. The van der Waals surface area contributed by atoms with E-state index in [1.54, 1.807) is 12.1 Å². The fraction of sp³-hybridized carbons (Fsp3) is 0.0833. The van der Waals surface area contributed by atoms with Crippen LogP contribution in [0.4, 0.5) is 5.69 Å². The predicted octanol–water partition coefficient (Wildman–Crippen LogP) is 5.19. The lowest BCUT2D eigenvalue weighted by Crippen LogP contribution is -2.13. The highest BCUT2D eigenvalue weighted by Gasteiger charge is 2.22. The Kier molecular flexibility index (Phi) is 6.46. The molecule has 0 N–H and O–H groups in total. The molecular formula is C24H16ClN3O6. The maximum absolute atomic E-state index is 13.0. The van der Waals surface area contributed by atoms with Crippen LogP contribution in [-0.4, -0.2) is 26.8 Å². The van der Waals surface area contributed by atoms with Crippen molar-refractivity contribution in [2.24, 2.45) is 0 Å². The van der Waals surface area contributed by atoms with Gasteiger partial charge in [-0.05, 0) is 25.1 Å². The van der Waals surface area contributed by atoms with Gasteiger partial charge in [-0.25, -0.2) is 4.79 Å². The summed E-state index contributed by atoms with van der Waals surface area (Å²) in [4.78, 5) is 40.4. The largest absolute Gasteiger partial charge is 0.452 e. The van der Waals surface area contributed by atoms with Crippen LogP contribution in [0, 0.1) is 17.0 Å². The lowest BCUT2D eigenvalue weighted by atomic mass is 9.98. The molecule has 4 rings (SSSR count). The quantitative estimate of drug-likeness (QED) is 0.154. The summed E-state index contributed by atoms with van der Waals surface area (Å²) in [6.45, 7) is 1.66. The number of halogens is 1. The van der Waals surface area contributed by atoms with Gasteiger partial charge in [0.05, 0.1) is 10.5 Å². The molecule has 0 saturated heterocycles. The van der Waals surface area contributed by atoms with E-state index in [1.165, 1.54) is 24.3 Å². The van der Waals surface area contributed by atoms with Crippen LogP contribution in [-0.2, 0) is 11.3 Å². The van der Waals surface area contributed by atoms with Crippen LogP contribution in [0.1, 0.15) is 37.7 Å². The number of nitro groups is 1. The van der Waals surface area contributed by atoms with Gasteiger partial charge < -0.3 is 9.26 Å². The summed E-state index contributed by atoms with van der Waals surface area (Å²) in [5.41, 5.74) is 1.45. The van der Waals surface area contributed by atoms with E-state index in [1.807, 2.05) is 31.2 Å². The second-order valence-corrected chi connectivity index (χ2v) is 7.66. The van der Waals surface area contributed by atoms with Crippen molar-refractivity contribution in [1.29, 1.82) is 0 Å². The molecule has 0 atom stereocenters. The number of ketones is 1. The highest BCUT2D eigenvalue weighted by atomic mass is 35.5. The van der Waals surface area contributed by atoms with Crippen LogP contribution in [0.25, 0.3) is 11.4 Å².